The number of carbonyl (C=O) groups is 1. The van der Waals surface area contributed by atoms with Crippen molar-refractivity contribution in [3.8, 4) is 5.75 Å². The van der Waals surface area contributed by atoms with E-state index in [1.165, 1.54) is 0 Å². The SMILES string of the molecule is CNc1ccc(C(=O)Nc2ccc(OC)cc2C)nn1. The van der Waals surface area contributed by atoms with Gasteiger partial charge in [0.25, 0.3) is 5.91 Å². The van der Waals surface area contributed by atoms with Gasteiger partial charge in [0.1, 0.15) is 11.6 Å². The minimum atomic E-state index is -0.298. The van der Waals surface area contributed by atoms with E-state index in [-0.39, 0.29) is 11.6 Å². The van der Waals surface area contributed by atoms with Crippen LogP contribution < -0.4 is 15.4 Å². The van der Waals surface area contributed by atoms with Gasteiger partial charge in [-0.05, 0) is 42.8 Å². The molecule has 20 heavy (non-hydrogen) atoms. The van der Waals surface area contributed by atoms with Crippen molar-refractivity contribution in [3.05, 3.63) is 41.6 Å². The average Bonchev–Trinajstić information content (AvgIpc) is 2.49. The Balaban J connectivity index is 2.14. The van der Waals surface area contributed by atoms with Crippen LogP contribution in [0.2, 0.25) is 0 Å². The van der Waals surface area contributed by atoms with E-state index in [0.29, 0.717) is 5.82 Å². The first kappa shape index (κ1) is 13.8. The first-order valence-corrected chi connectivity index (χ1v) is 6.11. The van der Waals surface area contributed by atoms with E-state index in [9.17, 15) is 4.79 Å². The van der Waals surface area contributed by atoms with Crippen LogP contribution in [0, 0.1) is 6.92 Å². The largest absolute Gasteiger partial charge is 0.497 e. The van der Waals surface area contributed by atoms with Crippen LogP contribution in [0.1, 0.15) is 16.1 Å². The van der Waals surface area contributed by atoms with Gasteiger partial charge in [-0.1, -0.05) is 0 Å². The summed E-state index contributed by atoms with van der Waals surface area (Å²) in [4.78, 5) is 12.1. The van der Waals surface area contributed by atoms with Gasteiger partial charge < -0.3 is 15.4 Å². The van der Waals surface area contributed by atoms with E-state index in [2.05, 4.69) is 20.8 Å². The van der Waals surface area contributed by atoms with Crippen molar-refractivity contribution in [1.29, 1.82) is 0 Å². The van der Waals surface area contributed by atoms with Gasteiger partial charge in [-0.2, -0.15) is 0 Å². The number of amides is 1. The summed E-state index contributed by atoms with van der Waals surface area (Å²) in [6.07, 6.45) is 0. The summed E-state index contributed by atoms with van der Waals surface area (Å²) in [7, 11) is 3.34. The molecule has 1 amide bonds. The lowest BCUT2D eigenvalue weighted by molar-refractivity contribution is 0.102. The van der Waals surface area contributed by atoms with Gasteiger partial charge in [-0.3, -0.25) is 4.79 Å². The molecule has 2 rings (SSSR count). The number of nitrogens with one attached hydrogen (secondary N) is 2. The smallest absolute Gasteiger partial charge is 0.276 e. The highest BCUT2D eigenvalue weighted by molar-refractivity contribution is 6.03. The predicted octanol–water partition coefficient (Wildman–Crippen LogP) is 2.09. The Bertz CT molecular complexity index is 611. The van der Waals surface area contributed by atoms with Crippen LogP contribution in [0.4, 0.5) is 11.5 Å². The molecule has 2 N–H and O–H groups in total. The molecule has 0 saturated carbocycles. The Hall–Kier alpha value is -2.63. The first-order valence-electron chi connectivity index (χ1n) is 6.11. The molecule has 2 aromatic rings. The maximum atomic E-state index is 12.1. The highest BCUT2D eigenvalue weighted by Crippen LogP contribution is 2.21. The lowest BCUT2D eigenvalue weighted by atomic mass is 10.2. The minimum Gasteiger partial charge on any atom is -0.497 e. The predicted molar refractivity (Wildman–Crippen MR) is 77.3 cm³/mol. The number of nitrogens with zero attached hydrogens (tertiary/aromatic N) is 2. The molecule has 0 saturated heterocycles. The van der Waals surface area contributed by atoms with Crippen LogP contribution in [0.5, 0.6) is 5.75 Å². The van der Waals surface area contributed by atoms with Crippen LogP contribution in [0.25, 0.3) is 0 Å². The molecule has 6 heteroatoms. The van der Waals surface area contributed by atoms with Crippen molar-refractivity contribution >= 4 is 17.4 Å². The van der Waals surface area contributed by atoms with Gasteiger partial charge in [-0.15, -0.1) is 10.2 Å². The number of methoxy groups -OCH3 is 1. The number of aromatic nitrogens is 2. The number of hydrogen-bond donors (Lipinski definition) is 2. The summed E-state index contributed by atoms with van der Waals surface area (Å²) in [5.74, 6) is 1.06. The summed E-state index contributed by atoms with van der Waals surface area (Å²) in [6, 6.07) is 8.75. The van der Waals surface area contributed by atoms with E-state index in [0.717, 1.165) is 17.0 Å². The Morgan fingerprint density at radius 1 is 1.20 bits per heavy atom. The molecule has 104 valence electrons. The zero-order valence-corrected chi connectivity index (χ0v) is 11.6. The van der Waals surface area contributed by atoms with E-state index >= 15 is 0 Å². The third-order valence-corrected chi connectivity index (χ3v) is 2.84. The minimum absolute atomic E-state index is 0.263. The van der Waals surface area contributed by atoms with Crippen LogP contribution in [0.3, 0.4) is 0 Å². The second-order valence-corrected chi connectivity index (χ2v) is 4.19. The standard InChI is InChI=1S/C14H16N4O2/c1-9-8-10(20-3)4-5-11(9)16-14(19)12-6-7-13(15-2)18-17-12/h4-8H,1-3H3,(H,15,18)(H,16,19). The number of aryl methyl sites for hydroxylation is 1. The van der Waals surface area contributed by atoms with Crippen molar-refractivity contribution < 1.29 is 9.53 Å². The third-order valence-electron chi connectivity index (χ3n) is 2.84. The second kappa shape index (κ2) is 6.01. The number of benzene rings is 1. The molecule has 0 aliphatic heterocycles. The second-order valence-electron chi connectivity index (χ2n) is 4.19. The monoisotopic (exact) mass is 272 g/mol. The highest BCUT2D eigenvalue weighted by atomic mass is 16.5. The Morgan fingerprint density at radius 2 is 2.00 bits per heavy atom. The quantitative estimate of drug-likeness (QED) is 0.891. The summed E-state index contributed by atoms with van der Waals surface area (Å²) in [5.41, 5.74) is 1.90. The molecule has 0 spiro atoms. The molecule has 0 atom stereocenters. The molecular weight excluding hydrogens is 256 g/mol. The number of hydrogen-bond acceptors (Lipinski definition) is 5. The summed E-state index contributed by atoms with van der Waals surface area (Å²) >= 11 is 0. The molecule has 6 nitrogen and oxygen atoms in total. The van der Waals surface area contributed by atoms with Gasteiger partial charge in [0.05, 0.1) is 7.11 Å². The number of anilines is 2. The van der Waals surface area contributed by atoms with Crippen LogP contribution in [-0.4, -0.2) is 30.3 Å². The summed E-state index contributed by atoms with van der Waals surface area (Å²) in [5, 5.41) is 13.4. The number of rotatable bonds is 4. The van der Waals surface area contributed by atoms with Gasteiger partial charge >= 0.3 is 0 Å². The third kappa shape index (κ3) is 3.03. The molecule has 0 unspecified atom stereocenters. The van der Waals surface area contributed by atoms with Gasteiger partial charge in [0.2, 0.25) is 0 Å². The fraction of sp³-hybridized carbons (Fsp3) is 0.214. The molecule has 0 fully saturated rings. The lowest BCUT2D eigenvalue weighted by Crippen LogP contribution is -2.15. The Morgan fingerprint density at radius 3 is 2.55 bits per heavy atom. The van der Waals surface area contributed by atoms with Crippen LogP contribution in [0.15, 0.2) is 30.3 Å². The topological polar surface area (TPSA) is 76.1 Å². The lowest BCUT2D eigenvalue weighted by Gasteiger charge is -2.09. The van der Waals surface area contributed by atoms with Crippen molar-refractivity contribution in [2.24, 2.45) is 0 Å². The summed E-state index contributed by atoms with van der Waals surface area (Å²) < 4.78 is 5.12. The maximum absolute atomic E-state index is 12.1. The maximum Gasteiger partial charge on any atom is 0.276 e. The number of carbonyl (C=O) groups excluding carboxylic acids is 1. The molecule has 0 radical (unpaired) electrons. The molecule has 0 aliphatic rings. The van der Waals surface area contributed by atoms with E-state index in [1.54, 1.807) is 38.4 Å². The Kier molecular flexibility index (Phi) is 4.14. The zero-order chi connectivity index (χ0) is 14.5. The van der Waals surface area contributed by atoms with Crippen molar-refractivity contribution in [2.45, 2.75) is 6.92 Å². The van der Waals surface area contributed by atoms with E-state index in [1.807, 2.05) is 13.0 Å². The molecule has 1 heterocycles. The van der Waals surface area contributed by atoms with Gasteiger partial charge in [0.15, 0.2) is 5.69 Å². The zero-order valence-electron chi connectivity index (χ0n) is 11.6. The summed E-state index contributed by atoms with van der Waals surface area (Å²) in [6.45, 7) is 1.90. The van der Waals surface area contributed by atoms with Gasteiger partial charge in [0, 0.05) is 12.7 Å². The van der Waals surface area contributed by atoms with E-state index in [4.69, 9.17) is 4.74 Å². The number of ether oxygens (including phenoxy) is 1. The first-order chi connectivity index (χ1) is 9.63. The van der Waals surface area contributed by atoms with Crippen LogP contribution in [-0.2, 0) is 0 Å². The molecule has 1 aromatic heterocycles. The van der Waals surface area contributed by atoms with Crippen molar-refractivity contribution in [2.75, 3.05) is 24.8 Å². The fourth-order valence-electron chi connectivity index (χ4n) is 1.68. The van der Waals surface area contributed by atoms with Gasteiger partial charge in [-0.25, -0.2) is 0 Å². The molecular formula is C14H16N4O2. The Labute approximate surface area is 117 Å². The highest BCUT2D eigenvalue weighted by Gasteiger charge is 2.10. The molecule has 0 aliphatic carbocycles. The average molecular weight is 272 g/mol. The molecule has 0 bridgehead atoms. The fourth-order valence-corrected chi connectivity index (χ4v) is 1.68. The molecule has 1 aromatic carbocycles. The van der Waals surface area contributed by atoms with Crippen molar-refractivity contribution in [3.63, 3.8) is 0 Å². The van der Waals surface area contributed by atoms with Crippen LogP contribution >= 0.6 is 0 Å². The van der Waals surface area contributed by atoms with E-state index < -0.39 is 0 Å². The normalized spacial score (nSPS) is 9.95. The van der Waals surface area contributed by atoms with Crippen molar-refractivity contribution in [1.82, 2.24) is 10.2 Å².